The second-order valence-corrected chi connectivity index (χ2v) is 5.14. The number of nitrogens with zero attached hydrogens (tertiary/aromatic N) is 1. The zero-order valence-electron chi connectivity index (χ0n) is 10.5. The zero-order chi connectivity index (χ0) is 14.2. The molecule has 1 aromatic rings. The van der Waals surface area contributed by atoms with E-state index in [4.69, 9.17) is 4.74 Å². The molecule has 100 valence electrons. The lowest BCUT2D eigenvalue weighted by atomic mass is 10.1. The van der Waals surface area contributed by atoms with Crippen LogP contribution in [0.5, 0.6) is 5.75 Å². The maximum Gasteiger partial charge on any atom is 0.315 e. The first-order valence-electron chi connectivity index (χ1n) is 5.79. The van der Waals surface area contributed by atoms with E-state index in [1.165, 1.54) is 24.3 Å². The van der Waals surface area contributed by atoms with Gasteiger partial charge in [-0.2, -0.15) is 0 Å². The van der Waals surface area contributed by atoms with Crippen LogP contribution in [0.3, 0.4) is 0 Å². The first-order chi connectivity index (χ1) is 8.87. The molecule has 0 saturated heterocycles. The van der Waals surface area contributed by atoms with Crippen molar-refractivity contribution in [3.8, 4) is 5.75 Å². The van der Waals surface area contributed by atoms with Crippen LogP contribution in [0.4, 0.5) is 5.69 Å². The minimum Gasteiger partial charge on any atom is -0.426 e. The Bertz CT molecular complexity index is 552. The summed E-state index contributed by atoms with van der Waals surface area (Å²) in [6.07, 6.45) is 0.749. The fourth-order valence-electron chi connectivity index (χ4n) is 2.22. The van der Waals surface area contributed by atoms with Gasteiger partial charge in [0.2, 0.25) is 0 Å². The van der Waals surface area contributed by atoms with Crippen molar-refractivity contribution in [1.82, 2.24) is 0 Å². The van der Waals surface area contributed by atoms with Crippen LogP contribution in [0.2, 0.25) is 0 Å². The van der Waals surface area contributed by atoms with Crippen LogP contribution < -0.4 is 4.74 Å². The molecule has 0 heterocycles. The van der Waals surface area contributed by atoms with Crippen molar-refractivity contribution in [1.29, 1.82) is 0 Å². The highest BCUT2D eigenvalue weighted by molar-refractivity contribution is 5.85. The Morgan fingerprint density at radius 3 is 2.68 bits per heavy atom. The van der Waals surface area contributed by atoms with Gasteiger partial charge < -0.3 is 9.53 Å². The number of esters is 1. The minimum absolute atomic E-state index is 0.117. The Hall–Kier alpha value is -2.24. The van der Waals surface area contributed by atoms with Crippen molar-refractivity contribution < 1.29 is 19.2 Å². The molecule has 6 nitrogen and oxygen atoms in total. The molecule has 19 heavy (non-hydrogen) atoms. The maximum absolute atomic E-state index is 11.9. The lowest BCUT2D eigenvalue weighted by molar-refractivity contribution is -0.384. The Morgan fingerprint density at radius 1 is 1.47 bits per heavy atom. The van der Waals surface area contributed by atoms with E-state index in [9.17, 15) is 19.7 Å². The molecule has 1 aliphatic rings. The van der Waals surface area contributed by atoms with Crippen molar-refractivity contribution >= 4 is 17.9 Å². The number of hydrogen-bond donors (Lipinski definition) is 0. The molecule has 0 amide bonds. The largest absolute Gasteiger partial charge is 0.426 e. The number of carbonyl (C=O) groups is 2. The summed E-state index contributed by atoms with van der Waals surface area (Å²) in [4.78, 5) is 32.7. The Balaban J connectivity index is 2.10. The lowest BCUT2D eigenvalue weighted by Crippen LogP contribution is -2.14. The fraction of sp³-hybridized carbons (Fsp3) is 0.385. The van der Waals surface area contributed by atoms with Crippen molar-refractivity contribution in [3.05, 3.63) is 34.4 Å². The van der Waals surface area contributed by atoms with Gasteiger partial charge in [-0.05, 0) is 11.5 Å². The van der Waals surface area contributed by atoms with Gasteiger partial charge >= 0.3 is 5.97 Å². The van der Waals surface area contributed by atoms with Gasteiger partial charge in [0, 0.05) is 12.0 Å². The van der Waals surface area contributed by atoms with Gasteiger partial charge in [0.05, 0.1) is 16.9 Å². The topological polar surface area (TPSA) is 86.5 Å². The van der Waals surface area contributed by atoms with Gasteiger partial charge in [-0.25, -0.2) is 0 Å². The van der Waals surface area contributed by atoms with E-state index >= 15 is 0 Å². The number of rotatable bonds is 4. The Morgan fingerprint density at radius 2 is 2.16 bits per heavy atom. The molecule has 0 aromatic heterocycles. The Kier molecular flexibility index (Phi) is 3.09. The van der Waals surface area contributed by atoms with E-state index in [-0.39, 0.29) is 17.4 Å². The molecule has 1 aliphatic carbocycles. The van der Waals surface area contributed by atoms with Crippen molar-refractivity contribution in [2.45, 2.75) is 13.8 Å². The van der Waals surface area contributed by atoms with Gasteiger partial charge in [0.1, 0.15) is 12.0 Å². The quantitative estimate of drug-likeness (QED) is 0.272. The van der Waals surface area contributed by atoms with E-state index < -0.39 is 22.2 Å². The molecule has 1 saturated carbocycles. The SMILES string of the molecule is CC1(C)[C@H](C(=O)Oc2cccc([N+](=O)[O-])c2)[C@@H]1C=O. The van der Waals surface area contributed by atoms with Gasteiger partial charge in [0.15, 0.2) is 0 Å². The lowest BCUT2D eigenvalue weighted by Gasteiger charge is -2.04. The second-order valence-electron chi connectivity index (χ2n) is 5.14. The van der Waals surface area contributed by atoms with Crippen LogP contribution in [0.25, 0.3) is 0 Å². The fourth-order valence-corrected chi connectivity index (χ4v) is 2.22. The van der Waals surface area contributed by atoms with E-state index in [0.29, 0.717) is 0 Å². The smallest absolute Gasteiger partial charge is 0.315 e. The van der Waals surface area contributed by atoms with Crippen molar-refractivity contribution in [2.24, 2.45) is 17.3 Å². The molecule has 0 N–H and O–H groups in total. The second kappa shape index (κ2) is 4.46. The van der Waals surface area contributed by atoms with Crippen LogP contribution in [-0.4, -0.2) is 17.2 Å². The molecule has 0 unspecified atom stereocenters. The number of nitro groups is 1. The number of carbonyl (C=O) groups excluding carboxylic acids is 2. The molecule has 2 rings (SSSR count). The summed E-state index contributed by atoms with van der Waals surface area (Å²) in [5.74, 6) is -1.24. The standard InChI is InChI=1S/C13H13NO5/c1-13(2)10(7-15)11(13)12(16)19-9-5-3-4-8(6-9)14(17)18/h3-7,10-11H,1-2H3/t10-,11-/m0/s1. The summed E-state index contributed by atoms with van der Waals surface area (Å²) < 4.78 is 5.09. The van der Waals surface area contributed by atoms with Crippen LogP contribution in [0, 0.1) is 27.4 Å². The highest BCUT2D eigenvalue weighted by atomic mass is 16.6. The van der Waals surface area contributed by atoms with Crippen molar-refractivity contribution in [3.63, 3.8) is 0 Å². The highest BCUT2D eigenvalue weighted by Crippen LogP contribution is 2.57. The zero-order valence-corrected chi connectivity index (χ0v) is 10.5. The number of ether oxygens (including phenoxy) is 1. The molecule has 1 aromatic carbocycles. The number of non-ortho nitro benzene ring substituents is 1. The monoisotopic (exact) mass is 263 g/mol. The van der Waals surface area contributed by atoms with E-state index in [1.54, 1.807) is 0 Å². The number of hydrogen-bond acceptors (Lipinski definition) is 5. The van der Waals surface area contributed by atoms with E-state index in [1.807, 2.05) is 13.8 Å². The molecule has 0 bridgehead atoms. The van der Waals surface area contributed by atoms with Crippen molar-refractivity contribution in [2.75, 3.05) is 0 Å². The van der Waals surface area contributed by atoms with Crippen LogP contribution in [0.1, 0.15) is 13.8 Å². The molecule has 0 radical (unpaired) electrons. The van der Waals surface area contributed by atoms with Gasteiger partial charge in [-0.3, -0.25) is 14.9 Å². The summed E-state index contributed by atoms with van der Waals surface area (Å²) in [5, 5.41) is 10.6. The maximum atomic E-state index is 11.9. The van der Waals surface area contributed by atoms with E-state index in [0.717, 1.165) is 6.29 Å². The highest BCUT2D eigenvalue weighted by Gasteiger charge is 2.63. The predicted octanol–water partition coefficient (Wildman–Crippen LogP) is 1.97. The summed E-state index contributed by atoms with van der Waals surface area (Å²) in [7, 11) is 0. The van der Waals surface area contributed by atoms with Crippen LogP contribution in [0.15, 0.2) is 24.3 Å². The normalized spacial score (nSPS) is 23.5. The third kappa shape index (κ3) is 2.33. The first-order valence-corrected chi connectivity index (χ1v) is 5.79. The summed E-state index contributed by atoms with van der Waals surface area (Å²) in [5.41, 5.74) is -0.549. The summed E-state index contributed by atoms with van der Waals surface area (Å²) in [6.45, 7) is 3.62. The average molecular weight is 263 g/mol. The first kappa shape index (κ1) is 13.2. The minimum atomic E-state index is -0.563. The Labute approximate surface area is 109 Å². The van der Waals surface area contributed by atoms with Gasteiger partial charge in [-0.15, -0.1) is 0 Å². The molecular formula is C13H13NO5. The van der Waals surface area contributed by atoms with Gasteiger partial charge in [-0.1, -0.05) is 19.9 Å². The summed E-state index contributed by atoms with van der Waals surface area (Å²) in [6, 6.07) is 5.40. The predicted molar refractivity (Wildman–Crippen MR) is 65.6 cm³/mol. The number of nitro benzene ring substituents is 1. The third-order valence-electron chi connectivity index (χ3n) is 3.56. The average Bonchev–Trinajstić information content (AvgIpc) is 2.91. The molecule has 0 spiro atoms. The molecule has 0 aliphatic heterocycles. The molecule has 1 fully saturated rings. The van der Waals surface area contributed by atoms with Gasteiger partial charge in [0.25, 0.3) is 5.69 Å². The third-order valence-corrected chi connectivity index (χ3v) is 3.56. The number of benzene rings is 1. The summed E-state index contributed by atoms with van der Waals surface area (Å²) >= 11 is 0. The molecule has 2 atom stereocenters. The molecule has 6 heteroatoms. The molecular weight excluding hydrogens is 250 g/mol. The number of aldehydes is 1. The van der Waals surface area contributed by atoms with Crippen LogP contribution in [-0.2, 0) is 9.59 Å². The van der Waals surface area contributed by atoms with Crippen LogP contribution >= 0.6 is 0 Å². The van der Waals surface area contributed by atoms with E-state index in [2.05, 4.69) is 0 Å².